The van der Waals surface area contributed by atoms with Gasteiger partial charge in [-0.25, -0.2) is 0 Å². The lowest BCUT2D eigenvalue weighted by Gasteiger charge is -2.19. The Morgan fingerprint density at radius 1 is 1.25 bits per heavy atom. The Morgan fingerprint density at radius 2 is 1.95 bits per heavy atom. The predicted molar refractivity (Wildman–Crippen MR) is 68.7 cm³/mol. The van der Waals surface area contributed by atoms with Crippen molar-refractivity contribution in [1.29, 1.82) is 0 Å². The first-order chi connectivity index (χ1) is 9.40. The highest BCUT2D eigenvalue weighted by Crippen LogP contribution is 1.97. The van der Waals surface area contributed by atoms with Gasteiger partial charge in [0.05, 0.1) is 6.54 Å². The molecule has 2 amide bonds. The van der Waals surface area contributed by atoms with E-state index >= 15 is 0 Å². The van der Waals surface area contributed by atoms with Crippen LogP contribution in [0.5, 0.6) is 0 Å². The Morgan fingerprint density at radius 3 is 2.50 bits per heavy atom. The van der Waals surface area contributed by atoms with E-state index < -0.39 is 30.9 Å². The molecule has 0 saturated carbocycles. The number of nitrogens with two attached hydrogens (primary N) is 1. The highest BCUT2D eigenvalue weighted by Gasteiger charge is 2.18. The van der Waals surface area contributed by atoms with Gasteiger partial charge in [0, 0.05) is 25.2 Å². The zero-order chi connectivity index (χ0) is 15.1. The van der Waals surface area contributed by atoms with Gasteiger partial charge in [-0.3, -0.25) is 19.2 Å². The van der Waals surface area contributed by atoms with Crippen LogP contribution in [0.3, 0.4) is 0 Å². The number of amides is 2. The maximum absolute atomic E-state index is 11.8. The number of nitrogens with zero attached hydrogens (tertiary/aromatic N) is 2. The quantitative estimate of drug-likeness (QED) is 0.638. The number of pyridine rings is 1. The molecule has 0 radical (unpaired) electrons. The summed E-state index contributed by atoms with van der Waals surface area (Å²) in [6.07, 6.45) is 1.43. The fourth-order valence-corrected chi connectivity index (χ4v) is 1.60. The van der Waals surface area contributed by atoms with Crippen molar-refractivity contribution in [3.63, 3.8) is 0 Å². The summed E-state index contributed by atoms with van der Waals surface area (Å²) < 4.78 is 1.32. The Kier molecular flexibility index (Phi) is 5.45. The fourth-order valence-electron chi connectivity index (χ4n) is 1.60. The second-order valence-electron chi connectivity index (χ2n) is 4.09. The highest BCUT2D eigenvalue weighted by atomic mass is 16.4. The van der Waals surface area contributed by atoms with E-state index in [1.165, 1.54) is 16.8 Å². The van der Waals surface area contributed by atoms with Crippen LogP contribution in [0, 0.1) is 0 Å². The monoisotopic (exact) mass is 281 g/mol. The summed E-state index contributed by atoms with van der Waals surface area (Å²) in [5.41, 5.74) is 4.69. The number of aromatic nitrogens is 1. The lowest BCUT2D eigenvalue weighted by molar-refractivity contribution is -0.145. The molecule has 1 rings (SSSR count). The predicted octanol–water partition coefficient (Wildman–Crippen LogP) is -1.36. The van der Waals surface area contributed by atoms with E-state index in [1.54, 1.807) is 12.1 Å². The number of hydrogen-bond donors (Lipinski definition) is 2. The summed E-state index contributed by atoms with van der Waals surface area (Å²) in [5, 5.41) is 8.67. The summed E-state index contributed by atoms with van der Waals surface area (Å²) in [4.78, 5) is 45.5. The fraction of sp³-hybridized carbons (Fsp3) is 0.333. The zero-order valence-corrected chi connectivity index (χ0v) is 10.7. The number of aryl methyl sites for hydroxylation is 1. The molecular weight excluding hydrogens is 266 g/mol. The van der Waals surface area contributed by atoms with Crippen molar-refractivity contribution < 1.29 is 19.5 Å². The minimum Gasteiger partial charge on any atom is -0.480 e. The van der Waals surface area contributed by atoms with Crippen molar-refractivity contribution in [3.05, 3.63) is 34.7 Å². The van der Waals surface area contributed by atoms with Gasteiger partial charge in [0.1, 0.15) is 6.54 Å². The van der Waals surface area contributed by atoms with Crippen LogP contribution in [0.15, 0.2) is 29.2 Å². The third kappa shape index (κ3) is 4.92. The molecule has 8 heteroatoms. The van der Waals surface area contributed by atoms with Crippen LogP contribution >= 0.6 is 0 Å². The Hall–Kier alpha value is -2.64. The second-order valence-corrected chi connectivity index (χ2v) is 4.09. The maximum atomic E-state index is 11.8. The highest BCUT2D eigenvalue weighted by molar-refractivity contribution is 5.86. The Balaban J connectivity index is 2.66. The van der Waals surface area contributed by atoms with E-state index in [0.717, 1.165) is 4.90 Å². The van der Waals surface area contributed by atoms with Crippen LogP contribution in [0.2, 0.25) is 0 Å². The number of carbonyl (C=O) groups is 3. The average molecular weight is 281 g/mol. The smallest absolute Gasteiger partial charge is 0.323 e. The molecule has 0 aliphatic heterocycles. The summed E-state index contributed by atoms with van der Waals surface area (Å²) in [5.74, 6) is -2.59. The van der Waals surface area contributed by atoms with Crippen LogP contribution in [0.4, 0.5) is 0 Å². The number of rotatable bonds is 7. The van der Waals surface area contributed by atoms with Gasteiger partial charge in [-0.15, -0.1) is 0 Å². The topological polar surface area (TPSA) is 123 Å². The molecule has 1 aromatic rings. The van der Waals surface area contributed by atoms with E-state index in [4.69, 9.17) is 10.8 Å². The van der Waals surface area contributed by atoms with Crippen molar-refractivity contribution in [2.45, 2.75) is 13.0 Å². The van der Waals surface area contributed by atoms with E-state index in [1.807, 2.05) is 0 Å². The lowest BCUT2D eigenvalue weighted by atomic mass is 10.3. The minimum absolute atomic E-state index is 0.0928. The van der Waals surface area contributed by atoms with Crippen molar-refractivity contribution in [3.8, 4) is 0 Å². The molecule has 0 unspecified atom stereocenters. The average Bonchev–Trinajstić information content (AvgIpc) is 2.35. The van der Waals surface area contributed by atoms with Crippen molar-refractivity contribution >= 4 is 17.8 Å². The molecule has 0 spiro atoms. The molecule has 8 nitrogen and oxygen atoms in total. The van der Waals surface area contributed by atoms with Gasteiger partial charge in [0.25, 0.3) is 5.56 Å². The van der Waals surface area contributed by atoms with Crippen LogP contribution in [-0.4, -0.2) is 45.4 Å². The molecule has 0 atom stereocenters. The number of hydrogen-bond acceptors (Lipinski definition) is 4. The number of primary amides is 1. The standard InChI is InChI=1S/C12H15N3O5/c13-9(16)7-15(8-12(19)20)11(18)4-6-14-5-2-1-3-10(14)17/h1-3,5H,4,6-8H2,(H2,13,16)(H,19,20). The third-order valence-electron chi connectivity index (χ3n) is 2.49. The second kappa shape index (κ2) is 7.07. The van der Waals surface area contributed by atoms with E-state index in [9.17, 15) is 19.2 Å². The summed E-state index contributed by atoms with van der Waals surface area (Å²) in [7, 11) is 0. The summed E-state index contributed by atoms with van der Waals surface area (Å²) in [6, 6.07) is 4.57. The van der Waals surface area contributed by atoms with Gasteiger partial charge in [0.15, 0.2) is 0 Å². The molecule has 108 valence electrons. The first kappa shape index (κ1) is 15.4. The largest absolute Gasteiger partial charge is 0.480 e. The van der Waals surface area contributed by atoms with Gasteiger partial charge in [-0.05, 0) is 6.07 Å². The number of carboxylic acids is 1. The Bertz CT molecular complexity index is 550. The number of carboxylic acid groups (broad SMARTS) is 1. The molecule has 0 aromatic carbocycles. The van der Waals surface area contributed by atoms with Crippen LogP contribution in [-0.2, 0) is 20.9 Å². The van der Waals surface area contributed by atoms with Crippen LogP contribution in [0.25, 0.3) is 0 Å². The van der Waals surface area contributed by atoms with Gasteiger partial charge >= 0.3 is 5.97 Å². The molecule has 1 heterocycles. The SMILES string of the molecule is NC(=O)CN(CC(=O)O)C(=O)CCn1ccccc1=O. The number of carbonyl (C=O) groups excluding carboxylic acids is 2. The van der Waals surface area contributed by atoms with Gasteiger partial charge in [0.2, 0.25) is 11.8 Å². The molecule has 1 aromatic heterocycles. The molecule has 0 aliphatic rings. The maximum Gasteiger partial charge on any atom is 0.323 e. The summed E-state index contributed by atoms with van der Waals surface area (Å²) in [6.45, 7) is -0.965. The molecule has 0 saturated heterocycles. The normalized spacial score (nSPS) is 10.0. The molecule has 20 heavy (non-hydrogen) atoms. The third-order valence-corrected chi connectivity index (χ3v) is 2.49. The molecule has 0 fully saturated rings. The zero-order valence-electron chi connectivity index (χ0n) is 10.7. The Labute approximate surface area is 114 Å². The number of aliphatic carboxylic acids is 1. The molecule has 3 N–H and O–H groups in total. The van der Waals surface area contributed by atoms with Crippen molar-refractivity contribution in [2.24, 2.45) is 5.73 Å². The lowest BCUT2D eigenvalue weighted by Crippen LogP contribution is -2.42. The van der Waals surface area contributed by atoms with E-state index in [-0.39, 0.29) is 18.5 Å². The van der Waals surface area contributed by atoms with E-state index in [2.05, 4.69) is 0 Å². The molecular formula is C12H15N3O5. The molecule has 0 bridgehead atoms. The van der Waals surface area contributed by atoms with Gasteiger partial charge in [-0.2, -0.15) is 0 Å². The first-order valence-electron chi connectivity index (χ1n) is 5.83. The van der Waals surface area contributed by atoms with Crippen LogP contribution in [0.1, 0.15) is 6.42 Å². The van der Waals surface area contributed by atoms with Gasteiger partial charge < -0.3 is 20.3 Å². The molecule has 0 aliphatic carbocycles. The summed E-state index contributed by atoms with van der Waals surface area (Å²) >= 11 is 0. The van der Waals surface area contributed by atoms with Crippen molar-refractivity contribution in [1.82, 2.24) is 9.47 Å². The van der Waals surface area contributed by atoms with Crippen LogP contribution < -0.4 is 11.3 Å². The van der Waals surface area contributed by atoms with Gasteiger partial charge in [-0.1, -0.05) is 6.07 Å². The minimum atomic E-state index is -1.24. The first-order valence-corrected chi connectivity index (χ1v) is 5.83. The van der Waals surface area contributed by atoms with Crippen molar-refractivity contribution in [2.75, 3.05) is 13.1 Å². The van der Waals surface area contributed by atoms with E-state index in [0.29, 0.717) is 0 Å².